The summed E-state index contributed by atoms with van der Waals surface area (Å²) in [5.74, 6) is 1.20. The van der Waals surface area contributed by atoms with Gasteiger partial charge in [0.15, 0.2) is 0 Å². The van der Waals surface area contributed by atoms with Crippen LogP contribution in [-0.4, -0.2) is 37.0 Å². The van der Waals surface area contributed by atoms with Crippen LogP contribution in [0.25, 0.3) is 0 Å². The lowest BCUT2D eigenvalue weighted by molar-refractivity contribution is -0.174. The van der Waals surface area contributed by atoms with Gasteiger partial charge < -0.3 is 10.2 Å². The van der Waals surface area contributed by atoms with Crippen molar-refractivity contribution in [2.24, 2.45) is 16.7 Å². The zero-order chi connectivity index (χ0) is 19.4. The number of hydrogen-bond donors (Lipinski definition) is 1. The number of rotatable bonds is 4. The van der Waals surface area contributed by atoms with Crippen molar-refractivity contribution in [2.75, 3.05) is 20.1 Å². The summed E-state index contributed by atoms with van der Waals surface area (Å²) in [6, 6.07) is 11.6. The first kappa shape index (κ1) is 18.7. The zero-order valence-electron chi connectivity index (χ0n) is 17.7. The van der Waals surface area contributed by atoms with Crippen LogP contribution in [0.5, 0.6) is 0 Å². The minimum absolute atomic E-state index is 0.120. The molecule has 0 radical (unpaired) electrons. The van der Waals surface area contributed by atoms with Crippen molar-refractivity contribution in [2.45, 2.75) is 76.2 Å². The molecule has 3 heteroatoms. The zero-order valence-corrected chi connectivity index (χ0v) is 17.7. The number of hydrogen-bond acceptors (Lipinski definition) is 2. The van der Waals surface area contributed by atoms with E-state index in [2.05, 4.69) is 54.5 Å². The highest BCUT2D eigenvalue weighted by molar-refractivity contribution is 5.84. The van der Waals surface area contributed by atoms with Crippen LogP contribution >= 0.6 is 0 Å². The molecule has 5 aliphatic rings. The molecule has 3 nitrogen and oxygen atoms in total. The van der Waals surface area contributed by atoms with Gasteiger partial charge in [-0.2, -0.15) is 0 Å². The van der Waals surface area contributed by atoms with Gasteiger partial charge in [0.05, 0.1) is 5.41 Å². The topological polar surface area (TPSA) is 32.3 Å². The fraction of sp³-hybridized carbons (Fsp3) is 0.720. The van der Waals surface area contributed by atoms with E-state index in [-0.39, 0.29) is 10.8 Å². The Morgan fingerprint density at radius 1 is 1.07 bits per heavy atom. The molecule has 4 saturated carbocycles. The van der Waals surface area contributed by atoms with Crippen LogP contribution in [0.1, 0.15) is 70.3 Å². The lowest BCUT2D eigenvalue weighted by Crippen LogP contribution is -2.63. The van der Waals surface area contributed by atoms with Crippen molar-refractivity contribution in [3.8, 4) is 0 Å². The Bertz CT molecular complexity index is 742. The SMILES string of the molecule is CCC12CC3CC(C(=O)N(C)C4CCNCC4)(C1)C[C@@](c1ccccc1)(C3)C2. The van der Waals surface area contributed by atoms with E-state index in [1.54, 1.807) is 0 Å². The molecule has 3 unspecified atom stereocenters. The summed E-state index contributed by atoms with van der Waals surface area (Å²) < 4.78 is 0. The molecule has 1 N–H and O–H groups in total. The van der Waals surface area contributed by atoms with Crippen molar-refractivity contribution in [3.63, 3.8) is 0 Å². The van der Waals surface area contributed by atoms with Crippen molar-refractivity contribution in [1.82, 2.24) is 10.2 Å². The van der Waals surface area contributed by atoms with Crippen molar-refractivity contribution >= 4 is 5.91 Å². The smallest absolute Gasteiger partial charge is 0.228 e. The maximum atomic E-state index is 14.0. The quantitative estimate of drug-likeness (QED) is 0.833. The monoisotopic (exact) mass is 380 g/mol. The van der Waals surface area contributed by atoms with Crippen LogP contribution in [0, 0.1) is 16.7 Å². The average Bonchev–Trinajstić information content (AvgIpc) is 2.73. The molecule has 1 heterocycles. The number of benzene rings is 1. The Morgan fingerprint density at radius 2 is 1.82 bits per heavy atom. The minimum Gasteiger partial charge on any atom is -0.342 e. The standard InChI is InChI=1S/C25H36N2O/c1-3-23-13-19-14-24(16-23,20-7-5-4-6-8-20)18-25(15-19,17-23)22(28)27(2)21-9-11-26-12-10-21/h4-8,19,21,26H,3,9-18H2,1-2H3/t19?,23?,24-,25?/m1/s1. The van der Waals surface area contributed by atoms with Gasteiger partial charge in [0.25, 0.3) is 0 Å². The molecule has 1 saturated heterocycles. The van der Waals surface area contributed by atoms with Gasteiger partial charge >= 0.3 is 0 Å². The van der Waals surface area contributed by atoms with E-state index in [1.165, 1.54) is 31.2 Å². The van der Waals surface area contributed by atoms with Crippen LogP contribution in [0.4, 0.5) is 0 Å². The van der Waals surface area contributed by atoms with Gasteiger partial charge in [-0.25, -0.2) is 0 Å². The molecule has 4 atom stereocenters. The van der Waals surface area contributed by atoms with Crippen LogP contribution < -0.4 is 5.32 Å². The van der Waals surface area contributed by atoms with Crippen molar-refractivity contribution in [3.05, 3.63) is 35.9 Å². The average molecular weight is 381 g/mol. The van der Waals surface area contributed by atoms with E-state index in [0.717, 1.165) is 51.1 Å². The molecule has 0 aromatic heterocycles. The first-order chi connectivity index (χ1) is 13.5. The van der Waals surface area contributed by atoms with Crippen molar-refractivity contribution in [1.29, 1.82) is 0 Å². The third-order valence-corrected chi connectivity index (χ3v) is 8.95. The Labute approximate surface area is 170 Å². The Hall–Kier alpha value is -1.35. The predicted octanol–water partition coefficient (Wildman–Crippen LogP) is 4.52. The third-order valence-electron chi connectivity index (χ3n) is 8.95. The molecule has 152 valence electrons. The Balaban J connectivity index is 1.51. The Kier molecular flexibility index (Phi) is 4.39. The maximum Gasteiger partial charge on any atom is 0.228 e. The number of carbonyl (C=O) groups is 1. The number of amides is 1. The van der Waals surface area contributed by atoms with E-state index < -0.39 is 0 Å². The maximum absolute atomic E-state index is 14.0. The van der Waals surface area contributed by atoms with E-state index in [0.29, 0.717) is 17.4 Å². The molecule has 28 heavy (non-hydrogen) atoms. The number of piperidine rings is 1. The molecule has 1 aliphatic heterocycles. The van der Waals surface area contributed by atoms with E-state index in [4.69, 9.17) is 0 Å². The molecule has 5 fully saturated rings. The van der Waals surface area contributed by atoms with Crippen molar-refractivity contribution < 1.29 is 4.79 Å². The summed E-state index contributed by atoms with van der Waals surface area (Å²) in [6.45, 7) is 4.47. The second-order valence-electron chi connectivity index (χ2n) is 10.7. The molecule has 4 aliphatic carbocycles. The van der Waals surface area contributed by atoms with Crippen LogP contribution in [0.3, 0.4) is 0 Å². The Morgan fingerprint density at radius 3 is 2.54 bits per heavy atom. The van der Waals surface area contributed by atoms with Gasteiger partial charge in [0, 0.05) is 13.1 Å². The molecule has 1 amide bonds. The van der Waals surface area contributed by atoms with E-state index >= 15 is 0 Å². The largest absolute Gasteiger partial charge is 0.342 e. The summed E-state index contributed by atoms with van der Waals surface area (Å²) in [5, 5.41) is 3.45. The third kappa shape index (κ3) is 2.76. The van der Waals surface area contributed by atoms with Gasteiger partial charge in [0.2, 0.25) is 5.91 Å². The first-order valence-electron chi connectivity index (χ1n) is 11.5. The molecule has 6 rings (SSSR count). The van der Waals surface area contributed by atoms with Gasteiger partial charge in [0.1, 0.15) is 0 Å². The molecule has 0 spiro atoms. The van der Waals surface area contributed by atoms with Gasteiger partial charge in [-0.15, -0.1) is 0 Å². The molecule has 1 aromatic rings. The van der Waals surface area contributed by atoms with Crippen LogP contribution in [0.2, 0.25) is 0 Å². The fourth-order valence-corrected chi connectivity index (χ4v) is 8.12. The predicted molar refractivity (Wildman–Crippen MR) is 113 cm³/mol. The summed E-state index contributed by atoms with van der Waals surface area (Å²) in [5.41, 5.74) is 1.98. The molecular weight excluding hydrogens is 344 g/mol. The first-order valence-corrected chi connectivity index (χ1v) is 11.5. The number of nitrogens with one attached hydrogen (secondary N) is 1. The van der Waals surface area contributed by atoms with Gasteiger partial charge in [-0.3, -0.25) is 4.79 Å². The normalized spacial score (nSPS) is 39.9. The summed E-state index contributed by atoms with van der Waals surface area (Å²) in [7, 11) is 2.10. The second-order valence-corrected chi connectivity index (χ2v) is 10.7. The highest BCUT2D eigenvalue weighted by atomic mass is 16.2. The molecule has 4 bridgehead atoms. The minimum atomic E-state index is -0.120. The summed E-state index contributed by atoms with van der Waals surface area (Å²) >= 11 is 0. The lowest BCUT2D eigenvalue weighted by Gasteiger charge is -2.67. The fourth-order valence-electron chi connectivity index (χ4n) is 8.12. The summed E-state index contributed by atoms with van der Waals surface area (Å²) in [6.07, 6.45) is 10.7. The summed E-state index contributed by atoms with van der Waals surface area (Å²) in [4.78, 5) is 16.2. The molecular formula is C25H36N2O. The molecule has 1 aromatic carbocycles. The van der Waals surface area contributed by atoms with Gasteiger partial charge in [-0.1, -0.05) is 43.7 Å². The second kappa shape index (κ2) is 6.58. The number of carbonyl (C=O) groups excluding carboxylic acids is 1. The lowest BCUT2D eigenvalue weighted by atomic mass is 9.38. The van der Waals surface area contributed by atoms with Crippen LogP contribution in [0.15, 0.2) is 30.3 Å². The van der Waals surface area contributed by atoms with Gasteiger partial charge in [-0.05, 0) is 86.8 Å². The highest BCUT2D eigenvalue weighted by Crippen LogP contribution is 2.71. The van der Waals surface area contributed by atoms with E-state index in [1.807, 2.05) is 0 Å². The highest BCUT2D eigenvalue weighted by Gasteiger charge is 2.65. The van der Waals surface area contributed by atoms with Crippen LogP contribution in [-0.2, 0) is 10.2 Å². The number of nitrogens with zero attached hydrogens (tertiary/aromatic N) is 1. The van der Waals surface area contributed by atoms with E-state index in [9.17, 15) is 4.79 Å².